The fourth-order valence-electron chi connectivity index (χ4n) is 5.95. The summed E-state index contributed by atoms with van der Waals surface area (Å²) in [7, 11) is 4.35. The SMILES string of the molecule is COc1cc(OC)c2c(c1Cl)O[C@@]1(C(=O)C3=C(C[C@H]1C)Nc1c(c(=O)[nH]c(=O)n1C)C3c1ccc(Br)cc1)C2=O. The zero-order valence-electron chi connectivity index (χ0n) is 21.8. The number of hydrogen-bond acceptors (Lipinski definition) is 8. The van der Waals surface area contributed by atoms with Crippen LogP contribution >= 0.6 is 27.5 Å². The van der Waals surface area contributed by atoms with E-state index in [1.807, 2.05) is 0 Å². The zero-order valence-corrected chi connectivity index (χ0v) is 24.2. The van der Waals surface area contributed by atoms with Gasteiger partial charge in [0.05, 0.1) is 19.8 Å². The van der Waals surface area contributed by atoms with Crippen LogP contribution in [0.15, 0.2) is 55.7 Å². The molecule has 12 heteroatoms. The molecule has 1 aromatic heterocycles. The number of hydrogen-bond donors (Lipinski definition) is 2. The van der Waals surface area contributed by atoms with Crippen molar-refractivity contribution in [1.29, 1.82) is 0 Å². The van der Waals surface area contributed by atoms with Crippen LogP contribution in [-0.4, -0.2) is 40.9 Å². The van der Waals surface area contributed by atoms with Gasteiger partial charge in [0.2, 0.25) is 17.2 Å². The number of Topliss-reactive ketones (excluding diaryl/α,β-unsaturated/α-hetero) is 2. The van der Waals surface area contributed by atoms with Gasteiger partial charge in [-0.3, -0.25) is 23.9 Å². The summed E-state index contributed by atoms with van der Waals surface area (Å²) in [4.78, 5) is 57.0. The molecular formula is C28H23BrClN3O7. The molecule has 2 aromatic carbocycles. The van der Waals surface area contributed by atoms with Crippen LogP contribution in [0.25, 0.3) is 0 Å². The summed E-state index contributed by atoms with van der Waals surface area (Å²) in [5.41, 5.74) is -1.61. The Morgan fingerprint density at radius 3 is 2.40 bits per heavy atom. The number of aromatic nitrogens is 2. The van der Waals surface area contributed by atoms with Crippen molar-refractivity contribution in [3.05, 3.63) is 88.6 Å². The summed E-state index contributed by atoms with van der Waals surface area (Å²) in [6.07, 6.45) is 0.214. The highest BCUT2D eigenvalue weighted by molar-refractivity contribution is 9.10. The minimum Gasteiger partial charge on any atom is -0.496 e. The lowest BCUT2D eigenvalue weighted by atomic mass is 9.66. The molecule has 10 nitrogen and oxygen atoms in total. The molecule has 0 radical (unpaired) electrons. The second-order valence-electron chi connectivity index (χ2n) is 9.98. The zero-order chi connectivity index (χ0) is 28.7. The third-order valence-corrected chi connectivity index (χ3v) is 8.83. The van der Waals surface area contributed by atoms with Crippen molar-refractivity contribution < 1.29 is 23.8 Å². The average Bonchev–Trinajstić information content (AvgIpc) is 3.25. The highest BCUT2D eigenvalue weighted by Crippen LogP contribution is 2.56. The second kappa shape index (κ2) is 9.10. The van der Waals surface area contributed by atoms with Crippen LogP contribution in [-0.2, 0) is 11.8 Å². The van der Waals surface area contributed by atoms with Gasteiger partial charge in [0.15, 0.2) is 5.75 Å². The second-order valence-corrected chi connectivity index (χ2v) is 11.3. The van der Waals surface area contributed by atoms with Crippen LogP contribution in [0.1, 0.15) is 40.7 Å². The molecule has 1 unspecified atom stereocenters. The van der Waals surface area contributed by atoms with Crippen molar-refractivity contribution in [1.82, 2.24) is 9.55 Å². The number of aromatic amines is 1. The van der Waals surface area contributed by atoms with Crippen LogP contribution in [0.5, 0.6) is 17.2 Å². The van der Waals surface area contributed by atoms with E-state index in [4.69, 9.17) is 25.8 Å². The van der Waals surface area contributed by atoms with E-state index in [-0.39, 0.29) is 51.2 Å². The molecule has 1 aliphatic carbocycles. The van der Waals surface area contributed by atoms with E-state index in [1.54, 1.807) is 31.2 Å². The normalized spacial score (nSPS) is 22.9. The van der Waals surface area contributed by atoms with Crippen molar-refractivity contribution >= 4 is 44.9 Å². The van der Waals surface area contributed by atoms with E-state index in [9.17, 15) is 19.2 Å². The van der Waals surface area contributed by atoms with Gasteiger partial charge >= 0.3 is 5.69 Å². The predicted octanol–water partition coefficient (Wildman–Crippen LogP) is 3.94. The number of allylic oxidation sites excluding steroid dienone is 1. The Bertz CT molecular complexity index is 1790. The highest BCUT2D eigenvalue weighted by Gasteiger charge is 2.63. The Balaban J connectivity index is 1.60. The molecule has 206 valence electrons. The average molecular weight is 629 g/mol. The summed E-state index contributed by atoms with van der Waals surface area (Å²) in [6, 6.07) is 8.64. The molecule has 2 N–H and O–H groups in total. The van der Waals surface area contributed by atoms with Gasteiger partial charge in [-0.2, -0.15) is 0 Å². The van der Waals surface area contributed by atoms with Crippen LogP contribution < -0.4 is 30.8 Å². The first-order chi connectivity index (χ1) is 19.0. The number of carbonyl (C=O) groups is 2. The number of ether oxygens (including phenoxy) is 3. The number of fused-ring (bicyclic) bond motifs is 2. The van der Waals surface area contributed by atoms with Gasteiger partial charge in [-0.25, -0.2) is 4.79 Å². The first kappa shape index (κ1) is 26.4. The van der Waals surface area contributed by atoms with E-state index in [1.165, 1.54) is 31.9 Å². The first-order valence-electron chi connectivity index (χ1n) is 12.4. The van der Waals surface area contributed by atoms with Gasteiger partial charge < -0.3 is 19.5 Å². The molecule has 0 bridgehead atoms. The van der Waals surface area contributed by atoms with Crippen molar-refractivity contribution in [2.24, 2.45) is 13.0 Å². The molecule has 0 saturated heterocycles. The molecule has 3 aromatic rings. The molecule has 0 fully saturated rings. The van der Waals surface area contributed by atoms with Crippen LogP contribution in [0, 0.1) is 5.92 Å². The lowest BCUT2D eigenvalue weighted by molar-refractivity contribution is -0.130. The molecule has 3 heterocycles. The lowest BCUT2D eigenvalue weighted by Gasteiger charge is -2.42. The highest BCUT2D eigenvalue weighted by atomic mass is 79.9. The van der Waals surface area contributed by atoms with Gasteiger partial charge in [0.25, 0.3) is 5.56 Å². The predicted molar refractivity (Wildman–Crippen MR) is 150 cm³/mol. The molecule has 3 atom stereocenters. The fourth-order valence-corrected chi connectivity index (χ4v) is 6.48. The summed E-state index contributed by atoms with van der Waals surface area (Å²) in [5.74, 6) is -2.03. The van der Waals surface area contributed by atoms with Crippen LogP contribution in [0.3, 0.4) is 0 Å². The number of anilines is 1. The largest absolute Gasteiger partial charge is 0.496 e. The quantitative estimate of drug-likeness (QED) is 0.418. The molecule has 6 rings (SSSR count). The number of rotatable bonds is 3. The molecule has 0 saturated carbocycles. The van der Waals surface area contributed by atoms with Crippen LogP contribution in [0.4, 0.5) is 5.82 Å². The summed E-state index contributed by atoms with van der Waals surface area (Å²) < 4.78 is 19.2. The maximum atomic E-state index is 14.7. The van der Waals surface area contributed by atoms with Gasteiger partial charge in [-0.1, -0.05) is 46.6 Å². The molecule has 1 spiro atoms. The van der Waals surface area contributed by atoms with Gasteiger partial charge in [0.1, 0.15) is 27.9 Å². The van der Waals surface area contributed by atoms with Crippen molar-refractivity contribution in [2.45, 2.75) is 24.9 Å². The number of halogens is 2. The Labute approximate surface area is 241 Å². The standard InChI is InChI=1S/C28H23BrClN3O7/c1-11-9-14-18(23(34)28(11)24(35)19-15(38-3)10-16(39-4)21(30)22(19)40-28)17(12-5-7-13(29)8-6-12)20-25(31-14)33(2)27(37)32-26(20)36/h5-8,10-11,17,31H,9H2,1-4H3,(H,32,36,37)/t11-,17?,28+/m1/s1. The summed E-state index contributed by atoms with van der Waals surface area (Å²) in [5, 5.41) is 3.22. The van der Waals surface area contributed by atoms with Crippen LogP contribution in [0.2, 0.25) is 5.02 Å². The monoisotopic (exact) mass is 627 g/mol. The number of methoxy groups -OCH3 is 2. The van der Waals surface area contributed by atoms with Gasteiger partial charge in [-0.05, 0) is 24.1 Å². The molecular weight excluding hydrogens is 606 g/mol. The summed E-state index contributed by atoms with van der Waals surface area (Å²) in [6.45, 7) is 1.74. The van der Waals surface area contributed by atoms with Crippen molar-refractivity contribution in [3.63, 3.8) is 0 Å². The number of H-pyrrole nitrogens is 1. The molecule has 0 amide bonds. The molecule has 2 aliphatic heterocycles. The summed E-state index contributed by atoms with van der Waals surface area (Å²) >= 11 is 9.99. The van der Waals surface area contributed by atoms with E-state index >= 15 is 0 Å². The Morgan fingerprint density at radius 1 is 1.07 bits per heavy atom. The number of nitrogens with zero attached hydrogens (tertiary/aromatic N) is 1. The number of carbonyl (C=O) groups excluding carboxylic acids is 2. The van der Waals surface area contributed by atoms with Gasteiger partial charge in [-0.15, -0.1) is 0 Å². The lowest BCUT2D eigenvalue weighted by Crippen LogP contribution is -2.58. The third kappa shape index (κ3) is 3.40. The number of benzene rings is 2. The maximum Gasteiger partial charge on any atom is 0.329 e. The van der Waals surface area contributed by atoms with E-state index in [0.29, 0.717) is 11.3 Å². The van der Waals surface area contributed by atoms with Crippen molar-refractivity contribution in [2.75, 3.05) is 19.5 Å². The smallest absolute Gasteiger partial charge is 0.329 e. The fraction of sp³-hybridized carbons (Fsp3) is 0.286. The Morgan fingerprint density at radius 2 is 1.75 bits per heavy atom. The Hall–Kier alpha value is -3.83. The van der Waals surface area contributed by atoms with E-state index in [0.717, 1.165) is 4.47 Å². The maximum absolute atomic E-state index is 14.7. The first-order valence-corrected chi connectivity index (χ1v) is 13.5. The number of nitrogens with one attached hydrogen (secondary N) is 2. The van der Waals surface area contributed by atoms with E-state index in [2.05, 4.69) is 26.2 Å². The topological polar surface area (TPSA) is 129 Å². The molecule has 40 heavy (non-hydrogen) atoms. The third-order valence-electron chi connectivity index (χ3n) is 7.94. The minimum absolute atomic E-state index is 0.0109. The Kier molecular flexibility index (Phi) is 6.01. The van der Waals surface area contributed by atoms with E-state index < -0.39 is 40.3 Å². The van der Waals surface area contributed by atoms with Crippen molar-refractivity contribution in [3.8, 4) is 17.2 Å². The molecule has 3 aliphatic rings. The number of ketones is 2. The minimum atomic E-state index is -1.95. The van der Waals surface area contributed by atoms with Gasteiger partial charge in [0, 0.05) is 40.7 Å².